The Morgan fingerprint density at radius 3 is 2.79 bits per heavy atom. The first-order valence-electron chi connectivity index (χ1n) is 6.62. The molecule has 19 heavy (non-hydrogen) atoms. The third kappa shape index (κ3) is 3.54. The van der Waals surface area contributed by atoms with E-state index in [0.717, 1.165) is 37.8 Å². The Hall–Kier alpha value is -1.88. The van der Waals surface area contributed by atoms with Crippen LogP contribution in [0.5, 0.6) is 0 Å². The number of amides is 2. The summed E-state index contributed by atoms with van der Waals surface area (Å²) in [6.45, 7) is 0.748. The molecule has 5 heteroatoms. The van der Waals surface area contributed by atoms with Crippen molar-refractivity contribution in [3.8, 4) is 0 Å². The van der Waals surface area contributed by atoms with Gasteiger partial charge in [-0.05, 0) is 43.5 Å². The highest BCUT2D eigenvalue weighted by Crippen LogP contribution is 2.20. The van der Waals surface area contributed by atoms with Crippen LogP contribution < -0.4 is 16.4 Å². The lowest BCUT2D eigenvalue weighted by Gasteiger charge is -2.08. The van der Waals surface area contributed by atoms with Crippen molar-refractivity contribution < 1.29 is 9.59 Å². The number of anilines is 1. The molecular formula is C14H19N3O2. The van der Waals surface area contributed by atoms with Gasteiger partial charge in [-0.15, -0.1) is 0 Å². The molecule has 0 bridgehead atoms. The van der Waals surface area contributed by atoms with Gasteiger partial charge >= 0.3 is 0 Å². The first kappa shape index (κ1) is 13.5. The van der Waals surface area contributed by atoms with Crippen molar-refractivity contribution in [1.29, 1.82) is 0 Å². The molecule has 1 aromatic rings. The lowest BCUT2D eigenvalue weighted by atomic mass is 10.0. The second-order valence-electron chi connectivity index (χ2n) is 4.71. The number of aryl methyl sites for hydroxylation is 1. The fourth-order valence-electron chi connectivity index (χ4n) is 2.14. The maximum Gasteiger partial charge on any atom is 0.253 e. The van der Waals surface area contributed by atoms with Gasteiger partial charge < -0.3 is 16.4 Å². The average Bonchev–Trinajstić information content (AvgIpc) is 2.55. The minimum Gasteiger partial charge on any atom is -0.343 e. The van der Waals surface area contributed by atoms with E-state index in [1.165, 1.54) is 0 Å². The minimum absolute atomic E-state index is 0.0271. The second kappa shape index (κ2) is 6.33. The minimum atomic E-state index is -0.197. The van der Waals surface area contributed by atoms with Gasteiger partial charge in [-0.25, -0.2) is 0 Å². The normalized spacial score (nSPS) is 14.4. The predicted molar refractivity (Wildman–Crippen MR) is 74.0 cm³/mol. The van der Waals surface area contributed by atoms with Crippen LogP contribution in [0.15, 0.2) is 18.2 Å². The van der Waals surface area contributed by atoms with Crippen LogP contribution in [0.1, 0.15) is 35.2 Å². The number of hydrogen-bond donors (Lipinski definition) is 3. The molecular weight excluding hydrogens is 242 g/mol. The average molecular weight is 261 g/mol. The molecule has 0 atom stereocenters. The second-order valence-corrected chi connectivity index (χ2v) is 4.71. The summed E-state index contributed by atoms with van der Waals surface area (Å²) in [5.41, 5.74) is 7.70. The summed E-state index contributed by atoms with van der Waals surface area (Å²) in [5.74, 6) is -0.389. The van der Waals surface area contributed by atoms with E-state index in [-0.39, 0.29) is 18.4 Å². The third-order valence-electron chi connectivity index (χ3n) is 3.18. The zero-order chi connectivity index (χ0) is 13.7. The summed E-state index contributed by atoms with van der Waals surface area (Å²) < 4.78 is 0. The fourth-order valence-corrected chi connectivity index (χ4v) is 2.14. The van der Waals surface area contributed by atoms with Crippen LogP contribution in [0.25, 0.3) is 0 Å². The molecule has 1 heterocycles. The van der Waals surface area contributed by atoms with E-state index in [4.69, 9.17) is 5.73 Å². The van der Waals surface area contributed by atoms with Crippen LogP contribution >= 0.6 is 0 Å². The SMILES string of the molecule is NCCCCCc1ccc2c(c1)C(=O)NCC(=O)N2. The Labute approximate surface area is 112 Å². The molecule has 0 saturated carbocycles. The van der Waals surface area contributed by atoms with Crippen molar-refractivity contribution in [2.24, 2.45) is 5.73 Å². The number of nitrogens with two attached hydrogens (primary N) is 1. The van der Waals surface area contributed by atoms with E-state index in [1.54, 1.807) is 6.07 Å². The van der Waals surface area contributed by atoms with Gasteiger partial charge in [-0.2, -0.15) is 0 Å². The first-order chi connectivity index (χ1) is 9.20. The van der Waals surface area contributed by atoms with Crippen LogP contribution in [0.4, 0.5) is 5.69 Å². The molecule has 0 aromatic heterocycles. The molecule has 2 amide bonds. The number of rotatable bonds is 5. The fraction of sp³-hybridized carbons (Fsp3) is 0.429. The lowest BCUT2D eigenvalue weighted by molar-refractivity contribution is -0.115. The van der Waals surface area contributed by atoms with Gasteiger partial charge in [-0.1, -0.05) is 12.5 Å². The zero-order valence-electron chi connectivity index (χ0n) is 10.9. The molecule has 0 radical (unpaired) electrons. The third-order valence-corrected chi connectivity index (χ3v) is 3.18. The summed E-state index contributed by atoms with van der Waals surface area (Å²) in [4.78, 5) is 23.2. The number of carbonyl (C=O) groups is 2. The van der Waals surface area contributed by atoms with Crippen molar-refractivity contribution >= 4 is 17.5 Å². The molecule has 1 aromatic carbocycles. The quantitative estimate of drug-likeness (QED) is 0.692. The maximum atomic E-state index is 11.9. The Balaban J connectivity index is 2.09. The summed E-state index contributed by atoms with van der Waals surface area (Å²) in [7, 11) is 0. The first-order valence-corrected chi connectivity index (χ1v) is 6.62. The van der Waals surface area contributed by atoms with E-state index in [0.29, 0.717) is 11.3 Å². The molecule has 0 spiro atoms. The highest BCUT2D eigenvalue weighted by atomic mass is 16.2. The van der Waals surface area contributed by atoms with Gasteiger partial charge in [0.1, 0.15) is 0 Å². The Morgan fingerprint density at radius 1 is 1.16 bits per heavy atom. The van der Waals surface area contributed by atoms with Crippen molar-refractivity contribution in [1.82, 2.24) is 5.32 Å². The smallest absolute Gasteiger partial charge is 0.253 e. The number of unbranched alkanes of at least 4 members (excludes halogenated alkanes) is 2. The molecule has 0 aliphatic carbocycles. The van der Waals surface area contributed by atoms with E-state index in [9.17, 15) is 9.59 Å². The highest BCUT2D eigenvalue weighted by molar-refractivity contribution is 6.08. The van der Waals surface area contributed by atoms with Gasteiger partial charge in [0.15, 0.2) is 0 Å². The molecule has 5 nitrogen and oxygen atoms in total. The van der Waals surface area contributed by atoms with Gasteiger partial charge in [-0.3, -0.25) is 9.59 Å². The maximum absolute atomic E-state index is 11.9. The molecule has 0 saturated heterocycles. The summed E-state index contributed by atoms with van der Waals surface area (Å²) in [6.07, 6.45) is 4.11. The van der Waals surface area contributed by atoms with Gasteiger partial charge in [0, 0.05) is 0 Å². The number of fused-ring (bicyclic) bond motifs is 1. The number of carbonyl (C=O) groups excluding carboxylic acids is 2. The Kier molecular flexibility index (Phi) is 4.52. The highest BCUT2D eigenvalue weighted by Gasteiger charge is 2.18. The standard InChI is InChI=1S/C14H19N3O2/c15-7-3-1-2-4-10-5-6-12-11(8-10)14(19)16-9-13(18)17-12/h5-6,8H,1-4,7,9,15H2,(H,16,19)(H,17,18). The topological polar surface area (TPSA) is 84.2 Å². The van der Waals surface area contributed by atoms with Crippen molar-refractivity contribution in [2.75, 3.05) is 18.4 Å². The van der Waals surface area contributed by atoms with Crippen molar-refractivity contribution in [3.63, 3.8) is 0 Å². The zero-order valence-corrected chi connectivity index (χ0v) is 10.9. The molecule has 4 N–H and O–H groups in total. The number of hydrogen-bond acceptors (Lipinski definition) is 3. The summed E-state index contributed by atoms with van der Waals surface area (Å²) in [6, 6.07) is 5.62. The van der Waals surface area contributed by atoms with Crippen LogP contribution in [0.2, 0.25) is 0 Å². The Bertz CT molecular complexity index is 486. The monoisotopic (exact) mass is 261 g/mol. The van der Waals surface area contributed by atoms with E-state index < -0.39 is 0 Å². The van der Waals surface area contributed by atoms with Gasteiger partial charge in [0.25, 0.3) is 5.91 Å². The van der Waals surface area contributed by atoms with Crippen LogP contribution in [-0.2, 0) is 11.2 Å². The largest absolute Gasteiger partial charge is 0.343 e. The van der Waals surface area contributed by atoms with E-state index in [2.05, 4.69) is 10.6 Å². The number of benzene rings is 1. The molecule has 102 valence electrons. The van der Waals surface area contributed by atoms with E-state index in [1.807, 2.05) is 12.1 Å². The van der Waals surface area contributed by atoms with Gasteiger partial charge in [0.05, 0.1) is 17.8 Å². The summed E-state index contributed by atoms with van der Waals surface area (Å²) in [5, 5.41) is 5.30. The Morgan fingerprint density at radius 2 is 2.00 bits per heavy atom. The molecule has 1 aliphatic rings. The van der Waals surface area contributed by atoms with Gasteiger partial charge in [0.2, 0.25) is 5.91 Å². The molecule has 0 fully saturated rings. The molecule has 1 aliphatic heterocycles. The van der Waals surface area contributed by atoms with Crippen LogP contribution in [0.3, 0.4) is 0 Å². The van der Waals surface area contributed by atoms with Crippen LogP contribution in [0, 0.1) is 0 Å². The molecule has 2 rings (SSSR count). The van der Waals surface area contributed by atoms with E-state index >= 15 is 0 Å². The van der Waals surface area contributed by atoms with Crippen LogP contribution in [-0.4, -0.2) is 24.9 Å². The summed E-state index contributed by atoms with van der Waals surface area (Å²) >= 11 is 0. The molecule has 0 unspecified atom stereocenters. The van der Waals surface area contributed by atoms with Crippen molar-refractivity contribution in [2.45, 2.75) is 25.7 Å². The number of nitrogens with one attached hydrogen (secondary N) is 2. The predicted octanol–water partition coefficient (Wildman–Crippen LogP) is 1.04. The van der Waals surface area contributed by atoms with Crippen molar-refractivity contribution in [3.05, 3.63) is 29.3 Å². The lowest BCUT2D eigenvalue weighted by Crippen LogP contribution is -2.28.